The number of benzene rings is 1. The molecule has 0 bridgehead atoms. The third kappa shape index (κ3) is 3.63. The van der Waals surface area contributed by atoms with E-state index in [4.69, 9.17) is 0 Å². The van der Waals surface area contributed by atoms with Gasteiger partial charge in [-0.15, -0.1) is 0 Å². The smallest absolute Gasteiger partial charge is 0.255 e. The van der Waals surface area contributed by atoms with Gasteiger partial charge in [-0.3, -0.25) is 4.79 Å². The number of carbonyl (C=O) groups excluding carboxylic acids is 1. The Morgan fingerprint density at radius 3 is 2.67 bits per heavy atom. The molecule has 1 amide bonds. The monoisotopic (exact) mass is 252 g/mol. The molecule has 1 aromatic carbocycles. The number of hydrogen-bond acceptors (Lipinski definition) is 4. The van der Waals surface area contributed by atoms with Gasteiger partial charge >= 0.3 is 0 Å². The topological polar surface area (TPSA) is 72.8 Å². The molecule has 1 aromatic rings. The summed E-state index contributed by atoms with van der Waals surface area (Å²) in [6, 6.07) is 4.73. The summed E-state index contributed by atoms with van der Waals surface area (Å²) in [7, 11) is 1.97. The molecule has 0 atom stereocenters. The van der Waals surface area contributed by atoms with E-state index in [-0.39, 0.29) is 23.0 Å². The number of amides is 1. The Hall–Kier alpha value is -1.75. The highest BCUT2D eigenvalue weighted by molar-refractivity contribution is 5.97. The number of likely N-dealkylation sites (N-methyl/N-ethyl adjacent to an activating group) is 1. The molecular weight excluding hydrogens is 232 g/mol. The fraction of sp³-hybridized carbons (Fsp3) is 0.462. The van der Waals surface area contributed by atoms with Gasteiger partial charge in [-0.05, 0) is 33.0 Å². The molecule has 0 spiro atoms. The van der Waals surface area contributed by atoms with Crippen LogP contribution in [0, 0.1) is 0 Å². The zero-order valence-corrected chi connectivity index (χ0v) is 11.0. The van der Waals surface area contributed by atoms with Crippen LogP contribution in [0.1, 0.15) is 24.2 Å². The molecule has 0 aliphatic heterocycles. The van der Waals surface area contributed by atoms with Crippen molar-refractivity contribution in [2.45, 2.75) is 19.9 Å². The first-order chi connectivity index (χ1) is 8.43. The molecule has 100 valence electrons. The number of nitrogens with zero attached hydrogens (tertiary/aromatic N) is 1. The molecule has 0 aliphatic carbocycles. The number of hydrogen-bond donors (Lipinski definition) is 3. The van der Waals surface area contributed by atoms with Crippen LogP contribution in [-0.4, -0.2) is 47.2 Å². The molecule has 5 heteroatoms. The van der Waals surface area contributed by atoms with Crippen LogP contribution in [0.5, 0.6) is 11.5 Å². The third-order valence-electron chi connectivity index (χ3n) is 2.89. The summed E-state index contributed by atoms with van der Waals surface area (Å²) in [5, 5.41) is 21.5. The lowest BCUT2D eigenvalue weighted by atomic mass is 10.1. The average molecular weight is 252 g/mol. The van der Waals surface area contributed by atoms with Crippen molar-refractivity contribution in [3.05, 3.63) is 23.8 Å². The van der Waals surface area contributed by atoms with Gasteiger partial charge in [-0.1, -0.05) is 6.07 Å². The molecule has 0 fully saturated rings. The highest BCUT2D eigenvalue weighted by Crippen LogP contribution is 2.27. The van der Waals surface area contributed by atoms with E-state index in [1.54, 1.807) is 0 Å². The molecule has 0 radical (unpaired) electrons. The number of rotatable bonds is 5. The van der Waals surface area contributed by atoms with Crippen LogP contribution in [0.3, 0.4) is 0 Å². The zero-order chi connectivity index (χ0) is 13.7. The normalized spacial score (nSPS) is 10.9. The summed E-state index contributed by atoms with van der Waals surface area (Å²) < 4.78 is 0. The molecule has 0 aliphatic rings. The van der Waals surface area contributed by atoms with Gasteiger partial charge in [0.15, 0.2) is 11.5 Å². The van der Waals surface area contributed by atoms with Gasteiger partial charge in [0, 0.05) is 19.1 Å². The summed E-state index contributed by atoms with van der Waals surface area (Å²) in [5.41, 5.74) is 0.0854. The highest BCUT2D eigenvalue weighted by atomic mass is 16.3. The van der Waals surface area contributed by atoms with Gasteiger partial charge in [0.1, 0.15) is 0 Å². The van der Waals surface area contributed by atoms with Crippen molar-refractivity contribution in [1.29, 1.82) is 0 Å². The fourth-order valence-electron chi connectivity index (χ4n) is 1.41. The van der Waals surface area contributed by atoms with E-state index in [9.17, 15) is 15.0 Å². The molecule has 1 rings (SSSR count). The predicted molar refractivity (Wildman–Crippen MR) is 69.9 cm³/mol. The van der Waals surface area contributed by atoms with Crippen LogP contribution in [0.2, 0.25) is 0 Å². The van der Waals surface area contributed by atoms with Gasteiger partial charge in [0.2, 0.25) is 0 Å². The van der Waals surface area contributed by atoms with E-state index in [0.29, 0.717) is 12.6 Å². The van der Waals surface area contributed by atoms with E-state index in [1.165, 1.54) is 18.2 Å². The standard InChI is InChI=1S/C13H20N2O3/c1-9(2)15(3)8-7-14-13(18)10-5-4-6-11(16)12(10)17/h4-6,9,16-17H,7-8H2,1-3H3,(H,14,18). The Morgan fingerprint density at radius 2 is 2.06 bits per heavy atom. The second-order valence-corrected chi connectivity index (χ2v) is 4.50. The second-order valence-electron chi connectivity index (χ2n) is 4.50. The van der Waals surface area contributed by atoms with E-state index < -0.39 is 0 Å². The molecule has 18 heavy (non-hydrogen) atoms. The van der Waals surface area contributed by atoms with Crippen molar-refractivity contribution in [2.75, 3.05) is 20.1 Å². The van der Waals surface area contributed by atoms with Crippen molar-refractivity contribution in [1.82, 2.24) is 10.2 Å². The first kappa shape index (κ1) is 14.3. The van der Waals surface area contributed by atoms with Crippen molar-refractivity contribution in [2.24, 2.45) is 0 Å². The third-order valence-corrected chi connectivity index (χ3v) is 2.89. The summed E-state index contributed by atoms with van der Waals surface area (Å²) >= 11 is 0. The molecule has 0 heterocycles. The SMILES string of the molecule is CC(C)N(C)CCNC(=O)c1cccc(O)c1O. The Bertz CT molecular complexity index is 419. The minimum absolute atomic E-state index is 0.0854. The number of carbonyl (C=O) groups is 1. The molecule has 0 unspecified atom stereocenters. The fourth-order valence-corrected chi connectivity index (χ4v) is 1.41. The summed E-state index contributed by atoms with van der Waals surface area (Å²) in [6.07, 6.45) is 0. The number of phenolic OH excluding ortho intramolecular Hbond substituents is 2. The van der Waals surface area contributed by atoms with Crippen LogP contribution >= 0.6 is 0 Å². The van der Waals surface area contributed by atoms with Crippen molar-refractivity contribution in [3.8, 4) is 11.5 Å². The molecule has 5 nitrogen and oxygen atoms in total. The van der Waals surface area contributed by atoms with E-state index in [0.717, 1.165) is 6.54 Å². The molecule has 0 aromatic heterocycles. The van der Waals surface area contributed by atoms with Crippen molar-refractivity contribution < 1.29 is 15.0 Å². The maximum absolute atomic E-state index is 11.8. The van der Waals surface area contributed by atoms with E-state index >= 15 is 0 Å². The second kappa shape index (κ2) is 6.26. The maximum Gasteiger partial charge on any atom is 0.255 e. The highest BCUT2D eigenvalue weighted by Gasteiger charge is 2.13. The lowest BCUT2D eigenvalue weighted by molar-refractivity contribution is 0.0944. The zero-order valence-electron chi connectivity index (χ0n) is 11.0. The quantitative estimate of drug-likeness (QED) is 0.688. The lowest BCUT2D eigenvalue weighted by Gasteiger charge is -2.20. The first-order valence-corrected chi connectivity index (χ1v) is 5.93. The summed E-state index contributed by atoms with van der Waals surface area (Å²) in [6.45, 7) is 5.36. The first-order valence-electron chi connectivity index (χ1n) is 5.93. The van der Waals surface area contributed by atoms with Crippen LogP contribution in [0.15, 0.2) is 18.2 Å². The van der Waals surface area contributed by atoms with Crippen LogP contribution in [0.4, 0.5) is 0 Å². The Morgan fingerprint density at radius 1 is 1.39 bits per heavy atom. The average Bonchev–Trinajstić information content (AvgIpc) is 2.32. The number of para-hydroxylation sites is 1. The van der Waals surface area contributed by atoms with Crippen molar-refractivity contribution in [3.63, 3.8) is 0 Å². The Balaban J connectivity index is 2.54. The van der Waals surface area contributed by atoms with Gasteiger partial charge in [0.25, 0.3) is 5.91 Å². The Kier molecular flexibility index (Phi) is 4.97. The van der Waals surface area contributed by atoms with Gasteiger partial charge in [-0.25, -0.2) is 0 Å². The minimum atomic E-state index is -0.388. The van der Waals surface area contributed by atoms with Gasteiger partial charge < -0.3 is 20.4 Å². The summed E-state index contributed by atoms with van der Waals surface area (Å²) in [4.78, 5) is 13.9. The van der Waals surface area contributed by atoms with Crippen LogP contribution in [0.25, 0.3) is 0 Å². The largest absolute Gasteiger partial charge is 0.504 e. The molecule has 0 saturated carbocycles. The molecule has 0 saturated heterocycles. The minimum Gasteiger partial charge on any atom is -0.504 e. The predicted octanol–water partition coefficient (Wildman–Crippen LogP) is 1.17. The van der Waals surface area contributed by atoms with Crippen molar-refractivity contribution >= 4 is 5.91 Å². The summed E-state index contributed by atoms with van der Waals surface area (Å²) in [5.74, 6) is -1.06. The maximum atomic E-state index is 11.8. The van der Waals surface area contributed by atoms with Gasteiger partial charge in [-0.2, -0.15) is 0 Å². The Labute approximate surface area is 107 Å². The van der Waals surface area contributed by atoms with E-state index in [1.807, 2.05) is 7.05 Å². The number of aromatic hydroxyl groups is 2. The number of phenols is 2. The lowest BCUT2D eigenvalue weighted by Crippen LogP contribution is -2.36. The van der Waals surface area contributed by atoms with Crippen LogP contribution in [-0.2, 0) is 0 Å². The van der Waals surface area contributed by atoms with E-state index in [2.05, 4.69) is 24.1 Å². The van der Waals surface area contributed by atoms with Gasteiger partial charge in [0.05, 0.1) is 5.56 Å². The van der Waals surface area contributed by atoms with Crippen LogP contribution < -0.4 is 5.32 Å². The molecular formula is C13H20N2O3. The molecule has 3 N–H and O–H groups in total. The number of nitrogens with one attached hydrogen (secondary N) is 1.